The SMILES string of the molecule is Cc1ccc(Cl)cc1N1CCC(N)C(C)C1. The van der Waals surface area contributed by atoms with Gasteiger partial charge in [0.2, 0.25) is 0 Å². The van der Waals surface area contributed by atoms with Crippen LogP contribution in [0.3, 0.4) is 0 Å². The smallest absolute Gasteiger partial charge is 0.0426 e. The summed E-state index contributed by atoms with van der Waals surface area (Å²) in [4.78, 5) is 2.40. The highest BCUT2D eigenvalue weighted by Gasteiger charge is 2.23. The molecule has 2 rings (SSSR count). The van der Waals surface area contributed by atoms with Gasteiger partial charge in [0.15, 0.2) is 0 Å². The summed E-state index contributed by atoms with van der Waals surface area (Å²) in [6, 6.07) is 6.42. The van der Waals surface area contributed by atoms with Crippen molar-refractivity contribution in [2.75, 3.05) is 18.0 Å². The molecule has 2 nitrogen and oxygen atoms in total. The minimum atomic E-state index is 0.343. The molecule has 0 radical (unpaired) electrons. The van der Waals surface area contributed by atoms with Gasteiger partial charge in [0.05, 0.1) is 0 Å². The average Bonchev–Trinajstić information content (AvgIpc) is 2.26. The number of nitrogens with two attached hydrogens (primary N) is 1. The van der Waals surface area contributed by atoms with Crippen molar-refractivity contribution in [1.29, 1.82) is 0 Å². The zero-order valence-electron chi connectivity index (χ0n) is 9.91. The monoisotopic (exact) mass is 238 g/mol. The molecule has 0 aromatic heterocycles. The molecule has 2 N–H and O–H groups in total. The number of benzene rings is 1. The third-order valence-corrected chi connectivity index (χ3v) is 3.72. The summed E-state index contributed by atoms with van der Waals surface area (Å²) in [5.41, 5.74) is 8.57. The first-order chi connectivity index (χ1) is 7.58. The zero-order chi connectivity index (χ0) is 11.7. The number of anilines is 1. The highest BCUT2D eigenvalue weighted by Crippen LogP contribution is 2.28. The van der Waals surface area contributed by atoms with Crippen LogP contribution in [-0.2, 0) is 0 Å². The van der Waals surface area contributed by atoms with Gasteiger partial charge in [-0.1, -0.05) is 24.6 Å². The molecule has 1 aromatic rings. The lowest BCUT2D eigenvalue weighted by Crippen LogP contribution is -2.46. The van der Waals surface area contributed by atoms with E-state index in [2.05, 4.69) is 30.9 Å². The molecule has 1 aliphatic rings. The summed E-state index contributed by atoms with van der Waals surface area (Å²) in [5, 5.41) is 0.808. The van der Waals surface area contributed by atoms with E-state index < -0.39 is 0 Å². The van der Waals surface area contributed by atoms with Gasteiger partial charge in [0, 0.05) is 29.8 Å². The van der Waals surface area contributed by atoms with Crippen LogP contribution >= 0.6 is 11.6 Å². The number of nitrogens with zero attached hydrogens (tertiary/aromatic N) is 1. The summed E-state index contributed by atoms with van der Waals surface area (Å²) in [6.07, 6.45) is 1.06. The third-order valence-electron chi connectivity index (χ3n) is 3.48. The molecule has 0 aliphatic carbocycles. The van der Waals surface area contributed by atoms with Crippen LogP contribution in [0.1, 0.15) is 18.9 Å². The quantitative estimate of drug-likeness (QED) is 0.815. The normalized spacial score (nSPS) is 25.9. The van der Waals surface area contributed by atoms with Crippen molar-refractivity contribution in [2.45, 2.75) is 26.3 Å². The Balaban J connectivity index is 2.21. The summed E-state index contributed by atoms with van der Waals surface area (Å²) in [6.45, 7) is 6.41. The number of halogens is 1. The molecule has 3 heteroatoms. The van der Waals surface area contributed by atoms with Crippen molar-refractivity contribution in [1.82, 2.24) is 0 Å². The van der Waals surface area contributed by atoms with Crippen LogP contribution in [0.15, 0.2) is 18.2 Å². The van der Waals surface area contributed by atoms with Crippen LogP contribution in [0.4, 0.5) is 5.69 Å². The van der Waals surface area contributed by atoms with Crippen molar-refractivity contribution in [3.63, 3.8) is 0 Å². The van der Waals surface area contributed by atoms with Crippen LogP contribution in [0.25, 0.3) is 0 Å². The Bertz CT molecular complexity index is 378. The molecular formula is C13H19ClN2. The molecule has 1 heterocycles. The van der Waals surface area contributed by atoms with Gasteiger partial charge in [-0.2, -0.15) is 0 Å². The Hall–Kier alpha value is -0.730. The maximum Gasteiger partial charge on any atom is 0.0426 e. The minimum Gasteiger partial charge on any atom is -0.371 e. The number of aryl methyl sites for hydroxylation is 1. The molecule has 0 amide bonds. The van der Waals surface area contributed by atoms with E-state index in [0.717, 1.165) is 24.5 Å². The van der Waals surface area contributed by atoms with Crippen molar-refractivity contribution in [2.24, 2.45) is 11.7 Å². The second-order valence-corrected chi connectivity index (χ2v) is 5.24. The van der Waals surface area contributed by atoms with Gasteiger partial charge in [0.25, 0.3) is 0 Å². The Morgan fingerprint density at radius 3 is 2.88 bits per heavy atom. The number of hydrogen-bond acceptors (Lipinski definition) is 2. The van der Waals surface area contributed by atoms with E-state index in [1.165, 1.54) is 11.3 Å². The first kappa shape index (κ1) is 11.7. The van der Waals surface area contributed by atoms with Gasteiger partial charge in [-0.3, -0.25) is 0 Å². The van der Waals surface area contributed by atoms with Gasteiger partial charge < -0.3 is 10.6 Å². The summed E-state index contributed by atoms with van der Waals surface area (Å²) >= 11 is 6.05. The maximum atomic E-state index is 6.05. The Morgan fingerprint density at radius 2 is 2.19 bits per heavy atom. The third kappa shape index (κ3) is 2.33. The molecule has 2 atom stereocenters. The molecule has 88 valence electrons. The molecule has 1 saturated heterocycles. The van der Waals surface area contributed by atoms with Crippen molar-refractivity contribution in [3.05, 3.63) is 28.8 Å². The lowest BCUT2D eigenvalue weighted by molar-refractivity contribution is 0.382. The molecule has 1 aromatic carbocycles. The van der Waals surface area contributed by atoms with Crippen molar-refractivity contribution < 1.29 is 0 Å². The van der Waals surface area contributed by atoms with E-state index >= 15 is 0 Å². The Morgan fingerprint density at radius 1 is 1.44 bits per heavy atom. The van der Waals surface area contributed by atoms with E-state index in [1.54, 1.807) is 0 Å². The molecule has 0 saturated carbocycles. The minimum absolute atomic E-state index is 0.343. The van der Waals surface area contributed by atoms with Gasteiger partial charge in [-0.05, 0) is 37.0 Å². The van der Waals surface area contributed by atoms with Crippen LogP contribution in [0.2, 0.25) is 5.02 Å². The van der Waals surface area contributed by atoms with E-state index in [-0.39, 0.29) is 0 Å². The number of piperidine rings is 1. The molecule has 2 unspecified atom stereocenters. The number of rotatable bonds is 1. The van der Waals surface area contributed by atoms with Crippen LogP contribution in [0.5, 0.6) is 0 Å². The Kier molecular flexibility index (Phi) is 3.41. The van der Waals surface area contributed by atoms with E-state index in [1.807, 2.05) is 6.07 Å². The van der Waals surface area contributed by atoms with Gasteiger partial charge >= 0.3 is 0 Å². The summed E-state index contributed by atoms with van der Waals surface area (Å²) in [7, 11) is 0. The summed E-state index contributed by atoms with van der Waals surface area (Å²) < 4.78 is 0. The first-order valence-corrected chi connectivity index (χ1v) is 6.22. The summed E-state index contributed by atoms with van der Waals surface area (Å²) in [5.74, 6) is 0.548. The molecule has 1 aliphatic heterocycles. The van der Waals surface area contributed by atoms with E-state index in [0.29, 0.717) is 12.0 Å². The first-order valence-electron chi connectivity index (χ1n) is 5.84. The zero-order valence-corrected chi connectivity index (χ0v) is 10.7. The molecule has 16 heavy (non-hydrogen) atoms. The van der Waals surface area contributed by atoms with E-state index in [4.69, 9.17) is 17.3 Å². The molecule has 0 bridgehead atoms. The second kappa shape index (κ2) is 4.64. The van der Waals surface area contributed by atoms with Crippen LogP contribution < -0.4 is 10.6 Å². The fourth-order valence-corrected chi connectivity index (χ4v) is 2.47. The molecule has 1 fully saturated rings. The topological polar surface area (TPSA) is 29.3 Å². The average molecular weight is 239 g/mol. The molecular weight excluding hydrogens is 220 g/mol. The largest absolute Gasteiger partial charge is 0.371 e. The highest BCUT2D eigenvalue weighted by molar-refractivity contribution is 6.30. The lowest BCUT2D eigenvalue weighted by Gasteiger charge is -2.37. The number of hydrogen-bond donors (Lipinski definition) is 1. The van der Waals surface area contributed by atoms with Crippen molar-refractivity contribution in [3.8, 4) is 0 Å². The van der Waals surface area contributed by atoms with Gasteiger partial charge in [-0.15, -0.1) is 0 Å². The van der Waals surface area contributed by atoms with Crippen LogP contribution in [-0.4, -0.2) is 19.1 Å². The fourth-order valence-electron chi connectivity index (χ4n) is 2.31. The van der Waals surface area contributed by atoms with Gasteiger partial charge in [0.1, 0.15) is 0 Å². The molecule has 0 spiro atoms. The van der Waals surface area contributed by atoms with Crippen molar-refractivity contribution >= 4 is 17.3 Å². The van der Waals surface area contributed by atoms with Crippen LogP contribution in [0, 0.1) is 12.8 Å². The van der Waals surface area contributed by atoms with Gasteiger partial charge in [-0.25, -0.2) is 0 Å². The standard InChI is InChI=1S/C13H19ClN2/c1-9-3-4-11(14)7-13(9)16-6-5-12(15)10(2)8-16/h3-4,7,10,12H,5-6,8,15H2,1-2H3. The predicted octanol–water partition coefficient (Wildman–Crippen LogP) is 2.82. The predicted molar refractivity (Wildman–Crippen MR) is 70.2 cm³/mol. The second-order valence-electron chi connectivity index (χ2n) is 4.81. The van der Waals surface area contributed by atoms with E-state index in [9.17, 15) is 0 Å². The Labute approximate surface area is 102 Å². The maximum absolute atomic E-state index is 6.05. The highest BCUT2D eigenvalue weighted by atomic mass is 35.5. The fraction of sp³-hybridized carbons (Fsp3) is 0.538. The lowest BCUT2D eigenvalue weighted by atomic mass is 9.94.